The van der Waals surface area contributed by atoms with Crippen LogP contribution < -0.4 is 10.2 Å². The summed E-state index contributed by atoms with van der Waals surface area (Å²) >= 11 is 0. The Balaban J connectivity index is 1.55. The van der Waals surface area contributed by atoms with Crippen LogP contribution in [0.1, 0.15) is 35.5 Å². The zero-order valence-corrected chi connectivity index (χ0v) is 16.1. The Labute approximate surface area is 159 Å². The average Bonchev–Trinajstić information content (AvgIpc) is 3.00. The van der Waals surface area contributed by atoms with Crippen molar-refractivity contribution in [1.29, 1.82) is 0 Å². The minimum atomic E-state index is -0.0845. The van der Waals surface area contributed by atoms with Gasteiger partial charge in [-0.1, -0.05) is 5.16 Å². The van der Waals surface area contributed by atoms with E-state index in [0.717, 1.165) is 37.3 Å². The second-order valence-electron chi connectivity index (χ2n) is 6.98. The van der Waals surface area contributed by atoms with Crippen LogP contribution >= 0.6 is 0 Å². The van der Waals surface area contributed by atoms with E-state index in [2.05, 4.69) is 15.5 Å². The van der Waals surface area contributed by atoms with Crippen LogP contribution in [0.25, 0.3) is 0 Å². The maximum Gasteiger partial charge on any atom is 0.276 e. The highest BCUT2D eigenvalue weighted by atomic mass is 16.5. The maximum atomic E-state index is 12.7. The highest BCUT2D eigenvalue weighted by Crippen LogP contribution is 2.19. The van der Waals surface area contributed by atoms with Gasteiger partial charge in [-0.15, -0.1) is 0 Å². The fraction of sp³-hybridized carbons (Fsp3) is 0.526. The van der Waals surface area contributed by atoms with Gasteiger partial charge in [0.25, 0.3) is 5.91 Å². The molecule has 1 N–H and O–H groups in total. The zero-order chi connectivity index (χ0) is 19.2. The Kier molecular flexibility index (Phi) is 6.28. The molecule has 3 rings (SSSR count). The van der Waals surface area contributed by atoms with Crippen molar-refractivity contribution in [2.75, 3.05) is 44.5 Å². The number of rotatable bonds is 6. The van der Waals surface area contributed by atoms with E-state index in [1.807, 2.05) is 42.2 Å². The summed E-state index contributed by atoms with van der Waals surface area (Å²) in [7, 11) is 5.52. The number of nitrogens with one attached hydrogen (secondary N) is 1. The van der Waals surface area contributed by atoms with Crippen LogP contribution in [0.3, 0.4) is 0 Å². The highest BCUT2D eigenvalue weighted by Gasteiger charge is 2.24. The van der Waals surface area contributed by atoms with Crippen LogP contribution in [0.4, 0.5) is 11.5 Å². The number of ether oxygens (including phenoxy) is 1. The summed E-state index contributed by atoms with van der Waals surface area (Å²) in [5.74, 6) is 1.40. The second kappa shape index (κ2) is 8.85. The lowest BCUT2D eigenvalue weighted by Gasteiger charge is -2.20. The quantitative estimate of drug-likeness (QED) is 0.832. The molecular weight excluding hydrogens is 346 g/mol. The maximum absolute atomic E-state index is 12.7. The monoisotopic (exact) mass is 373 g/mol. The van der Waals surface area contributed by atoms with Gasteiger partial charge in [0, 0.05) is 46.4 Å². The lowest BCUT2D eigenvalue weighted by Crippen LogP contribution is -2.32. The fourth-order valence-electron chi connectivity index (χ4n) is 3.20. The summed E-state index contributed by atoms with van der Waals surface area (Å²) in [5, 5.41) is 7.41. The number of nitrogens with zero attached hydrogens (tertiary/aromatic N) is 4. The number of hydrogen-bond acceptors (Lipinski definition) is 7. The number of methoxy groups -OCH3 is 1. The Morgan fingerprint density at radius 3 is 2.93 bits per heavy atom. The summed E-state index contributed by atoms with van der Waals surface area (Å²) in [6.07, 6.45) is 4.68. The number of likely N-dealkylation sites (tertiary alicyclic amines) is 1. The molecule has 0 radical (unpaired) electrons. The number of anilines is 2. The third-order valence-corrected chi connectivity index (χ3v) is 4.66. The normalized spacial score (nSPS) is 17.4. The number of carbonyl (C=O) groups is 1. The van der Waals surface area contributed by atoms with Gasteiger partial charge in [-0.3, -0.25) is 4.79 Å². The van der Waals surface area contributed by atoms with Crippen LogP contribution in [0, 0.1) is 0 Å². The van der Waals surface area contributed by atoms with Crippen molar-refractivity contribution < 1.29 is 14.1 Å². The van der Waals surface area contributed by atoms with Crippen LogP contribution in [0.2, 0.25) is 0 Å². The third-order valence-electron chi connectivity index (χ3n) is 4.66. The van der Waals surface area contributed by atoms with Gasteiger partial charge in [-0.25, -0.2) is 4.98 Å². The molecule has 2 aromatic heterocycles. The molecule has 0 aromatic carbocycles. The molecule has 27 heavy (non-hydrogen) atoms. The van der Waals surface area contributed by atoms with E-state index in [9.17, 15) is 4.79 Å². The molecule has 1 saturated heterocycles. The Hall–Kier alpha value is -2.61. The largest absolute Gasteiger partial charge is 0.381 e. The molecule has 1 aliphatic rings. The summed E-state index contributed by atoms with van der Waals surface area (Å²) in [6, 6.07) is 6.01. The predicted molar refractivity (Wildman–Crippen MR) is 103 cm³/mol. The second-order valence-corrected chi connectivity index (χ2v) is 6.98. The van der Waals surface area contributed by atoms with Crippen molar-refractivity contribution in [1.82, 2.24) is 15.0 Å². The topological polar surface area (TPSA) is 83.7 Å². The molecule has 1 fully saturated rings. The number of pyridine rings is 1. The molecule has 146 valence electrons. The molecular formula is C19H27N5O3. The van der Waals surface area contributed by atoms with E-state index >= 15 is 0 Å². The molecule has 1 amide bonds. The first-order valence-electron chi connectivity index (χ1n) is 9.20. The van der Waals surface area contributed by atoms with E-state index in [0.29, 0.717) is 30.6 Å². The standard InChI is InChI=1S/C19H27N5O3/c1-23(2)18-7-6-15(12-20-18)21-14-5-4-9-24(10-8-14)19(25)17-11-16(13-26-3)27-22-17/h6-7,11-12,14,21H,4-5,8-10,13H2,1-3H3. The molecule has 1 unspecified atom stereocenters. The smallest absolute Gasteiger partial charge is 0.276 e. The van der Waals surface area contributed by atoms with Gasteiger partial charge in [0.2, 0.25) is 0 Å². The number of carbonyl (C=O) groups excluding carboxylic acids is 1. The Morgan fingerprint density at radius 1 is 1.37 bits per heavy atom. The van der Waals surface area contributed by atoms with Gasteiger partial charge in [0.05, 0.1) is 11.9 Å². The Morgan fingerprint density at radius 2 is 2.22 bits per heavy atom. The number of hydrogen-bond donors (Lipinski definition) is 1. The van der Waals surface area contributed by atoms with E-state index in [1.54, 1.807) is 13.2 Å². The minimum Gasteiger partial charge on any atom is -0.381 e. The molecule has 3 heterocycles. The van der Waals surface area contributed by atoms with Gasteiger partial charge in [-0.05, 0) is 31.4 Å². The molecule has 8 heteroatoms. The predicted octanol–water partition coefficient (Wildman–Crippen LogP) is 2.39. The molecule has 8 nitrogen and oxygen atoms in total. The first-order chi connectivity index (χ1) is 13.1. The van der Waals surface area contributed by atoms with E-state index in [4.69, 9.17) is 9.26 Å². The third kappa shape index (κ3) is 4.97. The summed E-state index contributed by atoms with van der Waals surface area (Å²) in [6.45, 7) is 1.72. The van der Waals surface area contributed by atoms with Gasteiger partial charge in [0.15, 0.2) is 11.5 Å². The van der Waals surface area contributed by atoms with Gasteiger partial charge in [-0.2, -0.15) is 0 Å². The lowest BCUT2D eigenvalue weighted by molar-refractivity contribution is 0.0750. The van der Waals surface area contributed by atoms with E-state index in [-0.39, 0.29) is 5.91 Å². The van der Waals surface area contributed by atoms with Crippen molar-refractivity contribution in [2.24, 2.45) is 0 Å². The summed E-state index contributed by atoms with van der Waals surface area (Å²) < 4.78 is 10.1. The molecule has 0 bridgehead atoms. The van der Waals surface area contributed by atoms with Crippen molar-refractivity contribution in [3.05, 3.63) is 35.9 Å². The highest BCUT2D eigenvalue weighted by molar-refractivity contribution is 5.92. The molecule has 0 saturated carbocycles. The fourth-order valence-corrected chi connectivity index (χ4v) is 3.20. The van der Waals surface area contributed by atoms with Crippen molar-refractivity contribution in [3.8, 4) is 0 Å². The molecule has 0 spiro atoms. The number of amides is 1. The minimum absolute atomic E-state index is 0.0845. The molecule has 1 aliphatic heterocycles. The lowest BCUT2D eigenvalue weighted by atomic mass is 10.1. The van der Waals surface area contributed by atoms with Gasteiger partial charge >= 0.3 is 0 Å². The van der Waals surface area contributed by atoms with E-state index < -0.39 is 0 Å². The van der Waals surface area contributed by atoms with Crippen molar-refractivity contribution >= 4 is 17.4 Å². The summed E-state index contributed by atoms with van der Waals surface area (Å²) in [5.41, 5.74) is 1.35. The van der Waals surface area contributed by atoms with Crippen LogP contribution in [0.15, 0.2) is 28.9 Å². The van der Waals surface area contributed by atoms with Crippen molar-refractivity contribution in [3.63, 3.8) is 0 Å². The first-order valence-corrected chi connectivity index (χ1v) is 9.20. The van der Waals surface area contributed by atoms with E-state index in [1.165, 1.54) is 0 Å². The molecule has 0 aliphatic carbocycles. The van der Waals surface area contributed by atoms with Gasteiger partial charge in [0.1, 0.15) is 12.4 Å². The molecule has 1 atom stereocenters. The SMILES string of the molecule is COCc1cc(C(=O)N2CCCC(Nc3ccc(N(C)C)nc3)CC2)no1. The number of aromatic nitrogens is 2. The molecule has 2 aromatic rings. The van der Waals surface area contributed by atoms with Crippen LogP contribution in [0.5, 0.6) is 0 Å². The first kappa shape index (κ1) is 19.2. The average molecular weight is 373 g/mol. The van der Waals surface area contributed by atoms with Gasteiger partial charge < -0.3 is 24.4 Å². The zero-order valence-electron chi connectivity index (χ0n) is 16.1. The van der Waals surface area contributed by atoms with Crippen LogP contribution in [-0.4, -0.2) is 61.3 Å². The van der Waals surface area contributed by atoms with Crippen molar-refractivity contribution in [2.45, 2.75) is 31.9 Å². The Bertz CT molecular complexity index is 744. The van der Waals surface area contributed by atoms with Crippen LogP contribution in [-0.2, 0) is 11.3 Å². The summed E-state index contributed by atoms with van der Waals surface area (Å²) in [4.78, 5) is 20.9.